The van der Waals surface area contributed by atoms with E-state index in [2.05, 4.69) is 0 Å². The molecule has 0 saturated heterocycles. The Kier molecular flexibility index (Phi) is 4.80. The Morgan fingerprint density at radius 3 is 2.32 bits per heavy atom. The van der Waals surface area contributed by atoms with Crippen LogP contribution in [0, 0.1) is 6.92 Å². The van der Waals surface area contributed by atoms with Crippen molar-refractivity contribution in [3.63, 3.8) is 0 Å². The molecule has 2 aromatic rings. The highest BCUT2D eigenvalue weighted by Gasteiger charge is 2.37. The number of phenols is 3. The number of ketones is 2. The van der Waals surface area contributed by atoms with Crippen LogP contribution in [0.2, 0.25) is 0 Å². The number of ether oxygens (including phenoxy) is 1. The van der Waals surface area contributed by atoms with Crippen molar-refractivity contribution >= 4 is 17.5 Å². The molecule has 1 atom stereocenters. The molecule has 28 heavy (non-hydrogen) atoms. The predicted octanol–water partition coefficient (Wildman–Crippen LogP) is 0.397. The van der Waals surface area contributed by atoms with Crippen LogP contribution in [0.5, 0.6) is 17.2 Å². The molecule has 9 nitrogen and oxygen atoms in total. The SMILES string of the molecule is Cc1cc2c(c(O)c1C(=O)OC[C@H](O)CO)C(=O)c1c(O)cc(O)cc1C2=O. The topological polar surface area (TPSA) is 162 Å². The van der Waals surface area contributed by atoms with Crippen molar-refractivity contribution in [2.24, 2.45) is 0 Å². The molecule has 0 saturated carbocycles. The lowest BCUT2D eigenvalue weighted by molar-refractivity contribution is 0.00906. The molecule has 9 heteroatoms. The summed E-state index contributed by atoms with van der Waals surface area (Å²) < 4.78 is 4.82. The zero-order valence-electron chi connectivity index (χ0n) is 14.6. The van der Waals surface area contributed by atoms with Crippen LogP contribution in [0.3, 0.4) is 0 Å². The second-order valence-electron chi connectivity index (χ2n) is 6.32. The highest BCUT2D eigenvalue weighted by molar-refractivity contribution is 6.31. The predicted molar refractivity (Wildman–Crippen MR) is 92.9 cm³/mol. The van der Waals surface area contributed by atoms with Crippen LogP contribution in [0.15, 0.2) is 18.2 Å². The molecule has 0 heterocycles. The summed E-state index contributed by atoms with van der Waals surface area (Å²) in [5, 5.41) is 48.2. The van der Waals surface area contributed by atoms with Crippen LogP contribution >= 0.6 is 0 Å². The fraction of sp³-hybridized carbons (Fsp3) is 0.211. The average molecular weight is 388 g/mol. The number of aliphatic hydroxyl groups excluding tert-OH is 2. The van der Waals surface area contributed by atoms with Gasteiger partial charge in [0.1, 0.15) is 35.5 Å². The first-order chi connectivity index (χ1) is 13.2. The molecular weight excluding hydrogens is 372 g/mol. The molecule has 3 rings (SSSR count). The van der Waals surface area contributed by atoms with Gasteiger partial charge in [-0.15, -0.1) is 0 Å². The highest BCUT2D eigenvalue weighted by Crippen LogP contribution is 2.41. The van der Waals surface area contributed by atoms with Crippen molar-refractivity contribution in [2.45, 2.75) is 13.0 Å². The van der Waals surface area contributed by atoms with Gasteiger partial charge in [-0.1, -0.05) is 0 Å². The smallest absolute Gasteiger partial charge is 0.342 e. The van der Waals surface area contributed by atoms with Gasteiger partial charge in [-0.2, -0.15) is 0 Å². The maximum atomic E-state index is 12.8. The largest absolute Gasteiger partial charge is 0.508 e. The number of benzene rings is 2. The zero-order chi connectivity index (χ0) is 20.7. The average Bonchev–Trinajstić information content (AvgIpc) is 2.62. The third-order valence-electron chi connectivity index (χ3n) is 4.37. The number of rotatable bonds is 4. The van der Waals surface area contributed by atoms with Gasteiger partial charge in [0, 0.05) is 17.2 Å². The number of aliphatic hydroxyl groups is 2. The first kappa shape index (κ1) is 19.3. The Hall–Kier alpha value is -3.43. The van der Waals surface area contributed by atoms with Crippen molar-refractivity contribution < 1.29 is 44.7 Å². The molecule has 5 N–H and O–H groups in total. The quantitative estimate of drug-likeness (QED) is 0.398. The summed E-state index contributed by atoms with van der Waals surface area (Å²) in [6.45, 7) is 0.228. The van der Waals surface area contributed by atoms with Gasteiger partial charge in [0.2, 0.25) is 5.78 Å². The molecule has 0 aromatic heterocycles. The van der Waals surface area contributed by atoms with Gasteiger partial charge in [-0.3, -0.25) is 9.59 Å². The number of hydrogen-bond donors (Lipinski definition) is 5. The minimum atomic E-state index is -1.32. The lowest BCUT2D eigenvalue weighted by Crippen LogP contribution is -2.25. The number of aryl methyl sites for hydroxylation is 1. The number of fused-ring (bicyclic) bond motifs is 2. The molecule has 0 fully saturated rings. The summed E-state index contributed by atoms with van der Waals surface area (Å²) in [6.07, 6.45) is -1.32. The number of hydrogen-bond acceptors (Lipinski definition) is 9. The zero-order valence-corrected chi connectivity index (χ0v) is 14.6. The number of esters is 1. The van der Waals surface area contributed by atoms with Gasteiger partial charge in [0.15, 0.2) is 5.78 Å². The van der Waals surface area contributed by atoms with E-state index in [0.717, 1.165) is 12.1 Å². The van der Waals surface area contributed by atoms with Crippen LogP contribution in [0.1, 0.15) is 47.8 Å². The second-order valence-corrected chi connectivity index (χ2v) is 6.32. The summed E-state index contributed by atoms with van der Waals surface area (Å²) in [6, 6.07) is 3.13. The molecule has 0 aliphatic heterocycles. The minimum Gasteiger partial charge on any atom is -0.508 e. The Labute approximate surface area is 158 Å². The van der Waals surface area contributed by atoms with E-state index < -0.39 is 65.2 Å². The van der Waals surface area contributed by atoms with E-state index in [1.165, 1.54) is 13.0 Å². The molecule has 2 aromatic carbocycles. The summed E-state index contributed by atoms with van der Waals surface area (Å²) in [5.74, 6) is -4.53. The van der Waals surface area contributed by atoms with Gasteiger partial charge >= 0.3 is 5.97 Å². The van der Waals surface area contributed by atoms with E-state index in [1.807, 2.05) is 0 Å². The van der Waals surface area contributed by atoms with Gasteiger partial charge < -0.3 is 30.3 Å². The molecule has 1 aliphatic carbocycles. The first-order valence-corrected chi connectivity index (χ1v) is 8.15. The van der Waals surface area contributed by atoms with Crippen LogP contribution in [0.25, 0.3) is 0 Å². The van der Waals surface area contributed by atoms with Gasteiger partial charge in [-0.05, 0) is 24.6 Å². The summed E-state index contributed by atoms with van der Waals surface area (Å²) >= 11 is 0. The molecule has 0 bridgehead atoms. The maximum Gasteiger partial charge on any atom is 0.342 e. The molecule has 0 amide bonds. The third kappa shape index (κ3) is 2.96. The first-order valence-electron chi connectivity index (χ1n) is 8.15. The van der Waals surface area contributed by atoms with E-state index >= 15 is 0 Å². The molecule has 1 aliphatic rings. The molecule has 0 unspecified atom stereocenters. The van der Waals surface area contributed by atoms with Crippen LogP contribution in [0.4, 0.5) is 0 Å². The molecular formula is C19H16O9. The standard InChI is InChI=1S/C19H16O9/c1-7-2-10-15(17(25)13(7)19(27)28-6-9(22)5-20)18(26)14-11(16(10)24)3-8(21)4-12(14)23/h2-4,9,20-23,25H,5-6H2,1H3/t9-/m1/s1. The fourth-order valence-corrected chi connectivity index (χ4v) is 3.06. The Morgan fingerprint density at radius 2 is 1.68 bits per heavy atom. The van der Waals surface area contributed by atoms with E-state index in [4.69, 9.17) is 9.84 Å². The normalized spacial score (nSPS) is 13.7. The summed E-state index contributed by atoms with van der Waals surface area (Å²) in [5.41, 5.74) is -1.54. The van der Waals surface area contributed by atoms with Crippen molar-refractivity contribution in [2.75, 3.05) is 13.2 Å². The number of aromatic hydroxyl groups is 3. The van der Waals surface area contributed by atoms with Crippen LogP contribution in [-0.4, -0.2) is 62.4 Å². The second kappa shape index (κ2) is 6.95. The van der Waals surface area contributed by atoms with E-state index in [1.54, 1.807) is 0 Å². The Bertz CT molecular complexity index is 1020. The molecule has 0 spiro atoms. The van der Waals surface area contributed by atoms with E-state index in [-0.39, 0.29) is 22.3 Å². The highest BCUT2D eigenvalue weighted by atomic mass is 16.5. The van der Waals surface area contributed by atoms with Gasteiger partial charge in [0.25, 0.3) is 0 Å². The Morgan fingerprint density at radius 1 is 1.04 bits per heavy atom. The van der Waals surface area contributed by atoms with Crippen molar-refractivity contribution in [3.05, 3.63) is 51.6 Å². The molecule has 146 valence electrons. The number of phenolic OH excluding ortho intramolecular Hbond substituents is 3. The fourth-order valence-electron chi connectivity index (χ4n) is 3.06. The van der Waals surface area contributed by atoms with Gasteiger partial charge in [0.05, 0.1) is 17.7 Å². The lowest BCUT2D eigenvalue weighted by Gasteiger charge is -2.22. The summed E-state index contributed by atoms with van der Waals surface area (Å²) in [7, 11) is 0. The van der Waals surface area contributed by atoms with Crippen LogP contribution < -0.4 is 0 Å². The van der Waals surface area contributed by atoms with Crippen molar-refractivity contribution in [1.82, 2.24) is 0 Å². The number of carbonyl (C=O) groups is 3. The Balaban J connectivity index is 2.14. The lowest BCUT2D eigenvalue weighted by atomic mass is 9.81. The van der Waals surface area contributed by atoms with Crippen molar-refractivity contribution in [1.29, 1.82) is 0 Å². The number of carbonyl (C=O) groups excluding carboxylic acids is 3. The van der Waals surface area contributed by atoms with E-state index in [0.29, 0.717) is 0 Å². The summed E-state index contributed by atoms with van der Waals surface area (Å²) in [4.78, 5) is 37.8. The monoisotopic (exact) mass is 388 g/mol. The minimum absolute atomic E-state index is 0.133. The van der Waals surface area contributed by atoms with Gasteiger partial charge in [-0.25, -0.2) is 4.79 Å². The van der Waals surface area contributed by atoms with Crippen LogP contribution in [-0.2, 0) is 4.74 Å². The van der Waals surface area contributed by atoms with E-state index in [9.17, 15) is 34.8 Å². The van der Waals surface area contributed by atoms with Crippen molar-refractivity contribution in [3.8, 4) is 17.2 Å². The third-order valence-corrected chi connectivity index (χ3v) is 4.37. The maximum absolute atomic E-state index is 12.8. The molecule has 0 radical (unpaired) electrons.